The van der Waals surface area contributed by atoms with Crippen LogP contribution in [0.15, 0.2) is 12.1 Å². The van der Waals surface area contributed by atoms with Gasteiger partial charge in [0.05, 0.1) is 29.2 Å². The summed E-state index contributed by atoms with van der Waals surface area (Å²) >= 11 is 12.5. The van der Waals surface area contributed by atoms with E-state index in [0.717, 1.165) is 0 Å². The number of halogens is 2. The lowest BCUT2D eigenvalue weighted by Crippen LogP contribution is -2.44. The number of piperidine rings is 1. The predicted octanol–water partition coefficient (Wildman–Crippen LogP) is 4.53. The van der Waals surface area contributed by atoms with Gasteiger partial charge in [-0.25, -0.2) is 4.79 Å². The van der Waals surface area contributed by atoms with E-state index < -0.39 is 11.7 Å². The van der Waals surface area contributed by atoms with Crippen LogP contribution in [0.1, 0.15) is 51.7 Å². The van der Waals surface area contributed by atoms with E-state index in [9.17, 15) is 14.7 Å². The van der Waals surface area contributed by atoms with Crippen molar-refractivity contribution in [2.75, 3.05) is 33.3 Å². The minimum absolute atomic E-state index is 0.0577. The van der Waals surface area contributed by atoms with Gasteiger partial charge >= 0.3 is 6.09 Å². The monoisotopic (exact) mass is 486 g/mol. The number of nitrogens with zero attached hydrogens (tertiary/aromatic N) is 2. The standard InChI is InChI=1S/C23H32Cl2N2O5/c1-23(2,3)32-22(30)27-12-9-15(13-27)21(29)26-10-7-14(8-11-26)20(28)18-17(31-4)6-5-16(24)19(18)25/h5-6,14-15,20,28H,7-13H2,1-4H3/t15-,20?/m1/s1. The first-order valence-corrected chi connectivity index (χ1v) is 11.7. The maximum Gasteiger partial charge on any atom is 0.410 e. The number of aliphatic hydroxyl groups is 1. The van der Waals surface area contributed by atoms with Crippen LogP contribution in [0.25, 0.3) is 0 Å². The molecule has 0 radical (unpaired) electrons. The van der Waals surface area contributed by atoms with Gasteiger partial charge in [-0.1, -0.05) is 23.2 Å². The van der Waals surface area contributed by atoms with Crippen molar-refractivity contribution >= 4 is 35.2 Å². The molecule has 1 aromatic rings. The van der Waals surface area contributed by atoms with Crippen LogP contribution in [0.4, 0.5) is 4.79 Å². The Bertz CT molecular complexity index is 850. The van der Waals surface area contributed by atoms with Crippen molar-refractivity contribution in [2.45, 2.75) is 51.7 Å². The van der Waals surface area contributed by atoms with Crippen molar-refractivity contribution in [3.8, 4) is 5.75 Å². The molecule has 0 spiro atoms. The highest BCUT2D eigenvalue weighted by molar-refractivity contribution is 6.42. The normalized spacial score (nSPS) is 20.9. The Morgan fingerprint density at radius 1 is 1.09 bits per heavy atom. The van der Waals surface area contributed by atoms with Gasteiger partial charge in [0.1, 0.15) is 11.4 Å². The van der Waals surface area contributed by atoms with Crippen LogP contribution < -0.4 is 4.74 Å². The average molecular weight is 487 g/mol. The first-order chi connectivity index (χ1) is 15.0. The molecule has 1 unspecified atom stereocenters. The molecular weight excluding hydrogens is 455 g/mol. The highest BCUT2D eigenvalue weighted by Gasteiger charge is 2.38. The molecule has 7 nitrogen and oxygen atoms in total. The number of methoxy groups -OCH3 is 1. The zero-order valence-corrected chi connectivity index (χ0v) is 20.6. The zero-order valence-electron chi connectivity index (χ0n) is 19.1. The number of amides is 2. The van der Waals surface area contributed by atoms with Crippen LogP contribution in [-0.4, -0.2) is 65.8 Å². The molecule has 2 atom stereocenters. The summed E-state index contributed by atoms with van der Waals surface area (Å²) in [7, 11) is 1.53. The second kappa shape index (κ2) is 10.1. The molecule has 2 fully saturated rings. The number of carbonyl (C=O) groups is 2. The molecule has 2 aliphatic heterocycles. The molecule has 2 aliphatic rings. The SMILES string of the molecule is COc1ccc(Cl)c(Cl)c1C(O)C1CCN(C(=O)[C@@H]2CCN(C(=O)OC(C)(C)C)C2)CC1. The summed E-state index contributed by atoms with van der Waals surface area (Å²) in [6.45, 7) is 7.48. The van der Waals surface area contributed by atoms with Gasteiger partial charge in [0, 0.05) is 31.7 Å². The Morgan fingerprint density at radius 3 is 2.31 bits per heavy atom. The second-order valence-electron chi connectivity index (χ2n) is 9.50. The topological polar surface area (TPSA) is 79.3 Å². The van der Waals surface area contributed by atoms with Crippen molar-refractivity contribution in [1.29, 1.82) is 0 Å². The molecular formula is C23H32Cl2N2O5. The molecule has 1 aromatic carbocycles. The predicted molar refractivity (Wildman–Crippen MR) is 123 cm³/mol. The number of likely N-dealkylation sites (tertiary alicyclic amines) is 2. The van der Waals surface area contributed by atoms with E-state index in [4.69, 9.17) is 32.7 Å². The molecule has 3 rings (SSSR count). The summed E-state index contributed by atoms with van der Waals surface area (Å²) in [6, 6.07) is 3.34. The molecule has 178 valence electrons. The highest BCUT2D eigenvalue weighted by Crippen LogP contribution is 2.42. The molecule has 2 amide bonds. The Hall–Kier alpha value is -1.70. The van der Waals surface area contributed by atoms with Crippen molar-refractivity contribution in [2.24, 2.45) is 11.8 Å². The van der Waals surface area contributed by atoms with Crippen LogP contribution in [0, 0.1) is 11.8 Å². The Kier molecular flexibility index (Phi) is 7.84. The van der Waals surface area contributed by atoms with Gasteiger partial charge in [0.15, 0.2) is 0 Å². The third-order valence-corrected chi connectivity index (χ3v) is 6.91. The maximum absolute atomic E-state index is 13.0. The molecule has 2 saturated heterocycles. The number of rotatable bonds is 4. The summed E-state index contributed by atoms with van der Waals surface area (Å²) in [4.78, 5) is 28.8. The third-order valence-electron chi connectivity index (χ3n) is 6.10. The van der Waals surface area contributed by atoms with E-state index in [1.165, 1.54) is 7.11 Å². The van der Waals surface area contributed by atoms with E-state index in [-0.39, 0.29) is 23.8 Å². The minimum Gasteiger partial charge on any atom is -0.496 e. The van der Waals surface area contributed by atoms with Crippen LogP contribution in [0.2, 0.25) is 10.0 Å². The Morgan fingerprint density at radius 2 is 1.72 bits per heavy atom. The van der Waals surface area contributed by atoms with Gasteiger partial charge in [-0.15, -0.1) is 0 Å². The first kappa shape index (κ1) is 24.9. The molecule has 0 saturated carbocycles. The van der Waals surface area contributed by atoms with Crippen molar-refractivity contribution in [3.05, 3.63) is 27.7 Å². The Balaban J connectivity index is 1.57. The summed E-state index contributed by atoms with van der Waals surface area (Å²) in [5, 5.41) is 11.7. The van der Waals surface area contributed by atoms with Gasteiger partial charge in [0.25, 0.3) is 0 Å². The summed E-state index contributed by atoms with van der Waals surface area (Å²) in [6.07, 6.45) is 0.711. The van der Waals surface area contributed by atoms with E-state index in [1.54, 1.807) is 17.0 Å². The van der Waals surface area contributed by atoms with E-state index in [0.29, 0.717) is 66.8 Å². The summed E-state index contributed by atoms with van der Waals surface area (Å²) < 4.78 is 10.8. The lowest BCUT2D eigenvalue weighted by Gasteiger charge is -2.36. The molecule has 0 bridgehead atoms. The fraction of sp³-hybridized carbons (Fsp3) is 0.652. The zero-order chi connectivity index (χ0) is 23.6. The van der Waals surface area contributed by atoms with Crippen LogP contribution in [0.3, 0.4) is 0 Å². The summed E-state index contributed by atoms with van der Waals surface area (Å²) in [5.41, 5.74) is -0.0635. The van der Waals surface area contributed by atoms with E-state index >= 15 is 0 Å². The number of benzene rings is 1. The fourth-order valence-corrected chi connectivity index (χ4v) is 4.82. The number of aliphatic hydroxyl groups excluding tert-OH is 1. The van der Waals surface area contributed by atoms with E-state index in [2.05, 4.69) is 0 Å². The second-order valence-corrected chi connectivity index (χ2v) is 10.3. The van der Waals surface area contributed by atoms with Crippen LogP contribution in [0.5, 0.6) is 5.75 Å². The Labute approximate surface area is 199 Å². The van der Waals surface area contributed by atoms with Gasteiger partial charge in [-0.2, -0.15) is 0 Å². The lowest BCUT2D eigenvalue weighted by molar-refractivity contribution is -0.137. The fourth-order valence-electron chi connectivity index (χ4n) is 4.39. The molecule has 0 aromatic heterocycles. The minimum atomic E-state index is -0.831. The number of ether oxygens (including phenoxy) is 2. The van der Waals surface area contributed by atoms with Crippen molar-refractivity contribution in [3.63, 3.8) is 0 Å². The molecule has 32 heavy (non-hydrogen) atoms. The quantitative estimate of drug-likeness (QED) is 0.675. The number of hydrogen-bond donors (Lipinski definition) is 1. The van der Waals surface area contributed by atoms with Gasteiger partial charge in [-0.05, 0) is 58.1 Å². The van der Waals surface area contributed by atoms with Crippen molar-refractivity contribution in [1.82, 2.24) is 9.80 Å². The molecule has 1 N–H and O–H groups in total. The molecule has 0 aliphatic carbocycles. The van der Waals surface area contributed by atoms with E-state index in [1.807, 2.05) is 25.7 Å². The average Bonchev–Trinajstić information content (AvgIpc) is 3.24. The smallest absolute Gasteiger partial charge is 0.410 e. The molecule has 9 heteroatoms. The summed E-state index contributed by atoms with van der Waals surface area (Å²) in [5.74, 6) is 0.276. The number of carbonyl (C=O) groups excluding carboxylic acids is 2. The maximum atomic E-state index is 13.0. The van der Waals surface area contributed by atoms with Crippen LogP contribution >= 0.6 is 23.2 Å². The number of hydrogen-bond acceptors (Lipinski definition) is 5. The van der Waals surface area contributed by atoms with Gasteiger partial charge in [-0.3, -0.25) is 4.79 Å². The lowest BCUT2D eigenvalue weighted by atomic mass is 9.86. The third kappa shape index (κ3) is 5.61. The van der Waals surface area contributed by atoms with Crippen LogP contribution in [-0.2, 0) is 9.53 Å². The highest BCUT2D eigenvalue weighted by atomic mass is 35.5. The van der Waals surface area contributed by atoms with Gasteiger partial charge in [0.2, 0.25) is 5.91 Å². The first-order valence-electron chi connectivity index (χ1n) is 11.0. The van der Waals surface area contributed by atoms with Crippen molar-refractivity contribution < 1.29 is 24.2 Å². The largest absolute Gasteiger partial charge is 0.496 e. The molecule has 2 heterocycles. The van der Waals surface area contributed by atoms with Gasteiger partial charge < -0.3 is 24.4 Å².